The Hall–Kier alpha value is -4.11. The van der Waals surface area contributed by atoms with Crippen molar-refractivity contribution in [2.75, 3.05) is 0 Å². The van der Waals surface area contributed by atoms with E-state index >= 15 is 0 Å². The van der Waals surface area contributed by atoms with Crippen molar-refractivity contribution in [3.05, 3.63) is 97.5 Å². The number of hydrogen-bond acceptors (Lipinski definition) is 5. The number of aromatic nitrogens is 1. The third-order valence-corrected chi connectivity index (χ3v) is 6.40. The Labute approximate surface area is 191 Å². The van der Waals surface area contributed by atoms with E-state index in [2.05, 4.69) is 0 Å². The number of nitriles is 1. The number of fused-ring (bicyclic) bond motifs is 1. The molecule has 0 aliphatic carbocycles. The molecule has 0 aliphatic rings. The number of aryl methyl sites for hydroxylation is 3. The van der Waals surface area contributed by atoms with Gasteiger partial charge in [-0.2, -0.15) is 5.26 Å². The van der Waals surface area contributed by atoms with E-state index in [0.717, 1.165) is 26.6 Å². The lowest BCUT2D eigenvalue weighted by molar-refractivity contribution is 0.100. The largest absolute Gasteiger partial charge is 0.494 e. The van der Waals surface area contributed by atoms with Crippen molar-refractivity contribution in [3.63, 3.8) is 0 Å². The molecule has 0 bridgehead atoms. The summed E-state index contributed by atoms with van der Waals surface area (Å²) >= 11 is 0. The molecule has 166 valence electrons. The average molecular weight is 440 g/mol. The maximum absolute atomic E-state index is 13.7. The van der Waals surface area contributed by atoms with E-state index in [0.29, 0.717) is 11.1 Å². The molecule has 0 amide bonds. The van der Waals surface area contributed by atoms with E-state index in [1.165, 1.54) is 6.92 Å². The zero-order chi connectivity index (χ0) is 24.0. The number of benzene rings is 2. The number of carbonyl (C=O) groups is 1. The highest BCUT2D eigenvalue weighted by Gasteiger charge is 2.30. The Kier molecular flexibility index (Phi) is 5.43. The number of pyridine rings is 1. The average Bonchev–Trinajstić information content (AvgIpc) is 3.10. The summed E-state index contributed by atoms with van der Waals surface area (Å²) in [6.07, 6.45) is 0. The van der Waals surface area contributed by atoms with Gasteiger partial charge >= 0.3 is 0 Å². The lowest BCUT2D eigenvalue weighted by Gasteiger charge is -2.20. The van der Waals surface area contributed by atoms with Crippen molar-refractivity contribution < 1.29 is 14.3 Å². The minimum atomic E-state index is -0.645. The Morgan fingerprint density at radius 3 is 2.33 bits per heavy atom. The molecule has 2 aromatic heterocycles. The fraction of sp³-hybridized carbons (Fsp3) is 0.222. The number of furan rings is 1. The molecule has 0 saturated carbocycles. The summed E-state index contributed by atoms with van der Waals surface area (Å²) in [6, 6.07) is 14.3. The first-order chi connectivity index (χ1) is 15.7. The van der Waals surface area contributed by atoms with E-state index in [1.807, 2.05) is 62.4 Å². The standard InChI is InChI=1S/C27H24N2O4/c1-14-11-20-17(4)25(33-22(20)12-15(14)2)24(30)23-16(3)21(13-28)26(31)29(27(23)32)18(5)19-9-7-6-8-10-19/h6-12,18,32H,1-5H3. The number of carbonyl (C=O) groups excluding carboxylic acids is 1. The van der Waals surface area contributed by atoms with E-state index in [4.69, 9.17) is 4.42 Å². The van der Waals surface area contributed by atoms with Crippen molar-refractivity contribution in [3.8, 4) is 11.9 Å². The van der Waals surface area contributed by atoms with Gasteiger partial charge < -0.3 is 9.52 Å². The molecule has 1 N–H and O–H groups in total. The van der Waals surface area contributed by atoms with Gasteiger partial charge in [0.05, 0.1) is 11.6 Å². The summed E-state index contributed by atoms with van der Waals surface area (Å²) < 4.78 is 7.02. The zero-order valence-corrected chi connectivity index (χ0v) is 19.2. The lowest BCUT2D eigenvalue weighted by Crippen LogP contribution is -2.29. The molecule has 1 unspecified atom stereocenters. The third kappa shape index (κ3) is 3.42. The van der Waals surface area contributed by atoms with E-state index in [-0.39, 0.29) is 22.5 Å². The fourth-order valence-electron chi connectivity index (χ4n) is 4.24. The number of hydrogen-bond donors (Lipinski definition) is 1. The molecular weight excluding hydrogens is 416 g/mol. The lowest BCUT2D eigenvalue weighted by atomic mass is 9.97. The van der Waals surface area contributed by atoms with Gasteiger partial charge in [-0.05, 0) is 69.0 Å². The van der Waals surface area contributed by atoms with Gasteiger partial charge in [-0.1, -0.05) is 30.3 Å². The van der Waals surface area contributed by atoms with Gasteiger partial charge in [-0.25, -0.2) is 0 Å². The molecule has 4 rings (SSSR count). The molecule has 0 radical (unpaired) electrons. The Morgan fingerprint density at radius 2 is 1.70 bits per heavy atom. The minimum absolute atomic E-state index is 0.0786. The van der Waals surface area contributed by atoms with Crippen LogP contribution in [0.15, 0.2) is 51.7 Å². The summed E-state index contributed by atoms with van der Waals surface area (Å²) in [5.74, 6) is -0.973. The van der Waals surface area contributed by atoms with Crippen LogP contribution in [0, 0.1) is 39.0 Å². The SMILES string of the molecule is Cc1cc2oc(C(=O)c3c(C)c(C#N)c(=O)n(C(C)c4ccccc4)c3O)c(C)c2cc1C. The molecule has 0 fully saturated rings. The smallest absolute Gasteiger partial charge is 0.272 e. The van der Waals surface area contributed by atoms with Gasteiger partial charge in [0.1, 0.15) is 17.2 Å². The second-order valence-corrected chi connectivity index (χ2v) is 8.39. The maximum atomic E-state index is 13.7. The van der Waals surface area contributed by atoms with Crippen LogP contribution in [0.3, 0.4) is 0 Å². The normalized spacial score (nSPS) is 12.0. The van der Waals surface area contributed by atoms with Crippen LogP contribution in [-0.2, 0) is 0 Å². The highest BCUT2D eigenvalue weighted by molar-refractivity contribution is 6.12. The van der Waals surface area contributed by atoms with Crippen molar-refractivity contribution in [1.29, 1.82) is 5.26 Å². The van der Waals surface area contributed by atoms with Crippen molar-refractivity contribution in [2.45, 2.75) is 40.7 Å². The molecule has 6 heteroatoms. The number of aromatic hydroxyl groups is 1. The molecule has 6 nitrogen and oxygen atoms in total. The van der Waals surface area contributed by atoms with Gasteiger partial charge in [0.15, 0.2) is 5.76 Å². The molecule has 0 saturated heterocycles. The molecule has 1 atom stereocenters. The zero-order valence-electron chi connectivity index (χ0n) is 19.2. The summed E-state index contributed by atoms with van der Waals surface area (Å²) in [5.41, 5.74) is 3.28. The molecule has 2 heterocycles. The van der Waals surface area contributed by atoms with Crippen LogP contribution in [0.1, 0.15) is 62.5 Å². The van der Waals surface area contributed by atoms with Crippen LogP contribution in [0.25, 0.3) is 11.0 Å². The first kappa shape index (κ1) is 22.1. The number of ketones is 1. The first-order valence-electron chi connectivity index (χ1n) is 10.7. The molecular formula is C27H24N2O4. The summed E-state index contributed by atoms with van der Waals surface area (Å²) in [7, 11) is 0. The van der Waals surface area contributed by atoms with E-state index < -0.39 is 23.3 Å². The van der Waals surface area contributed by atoms with Crippen LogP contribution in [0.4, 0.5) is 0 Å². The second kappa shape index (κ2) is 8.10. The van der Waals surface area contributed by atoms with Crippen molar-refractivity contribution in [1.82, 2.24) is 4.57 Å². The third-order valence-electron chi connectivity index (χ3n) is 6.40. The second-order valence-electron chi connectivity index (χ2n) is 8.39. The van der Waals surface area contributed by atoms with Gasteiger partial charge in [-0.15, -0.1) is 0 Å². The van der Waals surface area contributed by atoms with Crippen LogP contribution < -0.4 is 5.56 Å². The molecule has 4 aromatic rings. The Balaban J connectivity index is 1.98. The van der Waals surface area contributed by atoms with Gasteiger partial charge in [0.2, 0.25) is 11.7 Å². The molecule has 33 heavy (non-hydrogen) atoms. The van der Waals surface area contributed by atoms with Crippen molar-refractivity contribution >= 4 is 16.8 Å². The van der Waals surface area contributed by atoms with Crippen LogP contribution in [0.2, 0.25) is 0 Å². The Bertz CT molecular complexity index is 1520. The highest BCUT2D eigenvalue weighted by Crippen LogP contribution is 2.34. The molecule has 2 aromatic carbocycles. The summed E-state index contributed by atoms with van der Waals surface area (Å²) in [6.45, 7) is 8.97. The van der Waals surface area contributed by atoms with Crippen LogP contribution >= 0.6 is 0 Å². The minimum Gasteiger partial charge on any atom is -0.494 e. The van der Waals surface area contributed by atoms with Gasteiger partial charge in [0, 0.05) is 10.9 Å². The van der Waals surface area contributed by atoms with Crippen molar-refractivity contribution in [2.24, 2.45) is 0 Å². The van der Waals surface area contributed by atoms with Crippen LogP contribution in [0.5, 0.6) is 5.88 Å². The first-order valence-corrected chi connectivity index (χ1v) is 10.7. The van der Waals surface area contributed by atoms with Gasteiger partial charge in [0.25, 0.3) is 5.56 Å². The predicted octanol–water partition coefficient (Wildman–Crippen LogP) is 5.25. The molecule has 0 aliphatic heterocycles. The monoisotopic (exact) mass is 440 g/mol. The summed E-state index contributed by atoms with van der Waals surface area (Å²) in [4.78, 5) is 26.8. The van der Waals surface area contributed by atoms with E-state index in [1.54, 1.807) is 13.8 Å². The van der Waals surface area contributed by atoms with Gasteiger partial charge in [-0.3, -0.25) is 14.2 Å². The van der Waals surface area contributed by atoms with E-state index in [9.17, 15) is 20.0 Å². The number of rotatable bonds is 4. The maximum Gasteiger partial charge on any atom is 0.272 e. The predicted molar refractivity (Wildman–Crippen MR) is 126 cm³/mol. The highest BCUT2D eigenvalue weighted by atomic mass is 16.3. The fourth-order valence-corrected chi connectivity index (χ4v) is 4.24. The topological polar surface area (TPSA) is 96.2 Å². The van der Waals surface area contributed by atoms with Crippen LogP contribution in [-0.4, -0.2) is 15.5 Å². The number of nitrogens with zero attached hydrogens (tertiary/aromatic N) is 2. The summed E-state index contributed by atoms with van der Waals surface area (Å²) in [5, 5.41) is 21.7. The molecule has 0 spiro atoms. The quantitative estimate of drug-likeness (QED) is 0.438. The Morgan fingerprint density at radius 1 is 1.06 bits per heavy atom.